The number of halogens is 2. The van der Waals surface area contributed by atoms with Gasteiger partial charge in [0.1, 0.15) is 5.82 Å². The van der Waals surface area contributed by atoms with Crippen LogP contribution in [-0.4, -0.2) is 43.4 Å². The lowest BCUT2D eigenvalue weighted by Gasteiger charge is -2.34. The number of rotatable bonds is 3. The highest BCUT2D eigenvalue weighted by Crippen LogP contribution is 2.29. The number of carbonyl (C=O) groups is 1. The zero-order valence-electron chi connectivity index (χ0n) is 12.5. The summed E-state index contributed by atoms with van der Waals surface area (Å²) in [6, 6.07) is 5.24. The average molecular weight is 370 g/mol. The van der Waals surface area contributed by atoms with Crippen molar-refractivity contribution in [3.05, 3.63) is 23.9 Å². The maximum absolute atomic E-state index is 12.5. The second-order valence-electron chi connectivity index (χ2n) is 5.13. The molecule has 0 bridgehead atoms. The van der Waals surface area contributed by atoms with Crippen LogP contribution < -0.4 is 10.6 Å². The molecule has 22 heavy (non-hydrogen) atoms. The Morgan fingerprint density at radius 2 is 1.86 bits per heavy atom. The number of nitrogens with one attached hydrogen (secondary N) is 2. The van der Waals surface area contributed by atoms with Crippen LogP contribution in [0.15, 0.2) is 18.2 Å². The average Bonchev–Trinajstić information content (AvgIpc) is 2.38. The lowest BCUT2D eigenvalue weighted by Crippen LogP contribution is -2.55. The van der Waals surface area contributed by atoms with E-state index in [9.17, 15) is 13.2 Å². The minimum atomic E-state index is -3.50. The number of piperidine rings is 1. The van der Waals surface area contributed by atoms with Gasteiger partial charge in [-0.05, 0) is 45.0 Å². The van der Waals surface area contributed by atoms with Crippen molar-refractivity contribution < 1.29 is 13.2 Å². The molecule has 1 fully saturated rings. The molecule has 6 nitrogen and oxygen atoms in total. The predicted molar refractivity (Wildman–Crippen MR) is 91.8 cm³/mol. The fourth-order valence-electron chi connectivity index (χ4n) is 2.44. The van der Waals surface area contributed by atoms with Crippen LogP contribution in [0.2, 0.25) is 0 Å². The second kappa shape index (κ2) is 8.10. The molecule has 0 aromatic carbocycles. The molecule has 0 atom stereocenters. The summed E-state index contributed by atoms with van der Waals surface area (Å²) in [5.74, 6) is -0.101. The number of aryl methyl sites for hydroxylation is 1. The van der Waals surface area contributed by atoms with Crippen LogP contribution in [0.3, 0.4) is 0 Å². The highest BCUT2D eigenvalue weighted by molar-refractivity contribution is 7.92. The Kier molecular flexibility index (Phi) is 7.77. The molecule has 9 heteroatoms. The van der Waals surface area contributed by atoms with E-state index >= 15 is 0 Å². The van der Waals surface area contributed by atoms with Gasteiger partial charge in [0, 0.05) is 11.9 Å². The number of aromatic nitrogens is 1. The van der Waals surface area contributed by atoms with Crippen molar-refractivity contribution in [1.29, 1.82) is 0 Å². The lowest BCUT2D eigenvalue weighted by atomic mass is 9.96. The van der Waals surface area contributed by atoms with Gasteiger partial charge in [-0.1, -0.05) is 6.07 Å². The third-order valence-corrected chi connectivity index (χ3v) is 5.68. The summed E-state index contributed by atoms with van der Waals surface area (Å²) < 4.78 is 22.8. The fraction of sp³-hybridized carbons (Fsp3) is 0.538. The third-order valence-electron chi connectivity index (χ3n) is 3.66. The Balaban J connectivity index is 0.00000220. The highest BCUT2D eigenvalue weighted by atomic mass is 35.5. The number of nitrogens with zero attached hydrogens (tertiary/aromatic N) is 1. The summed E-state index contributed by atoms with van der Waals surface area (Å²) >= 11 is 0. The first-order chi connectivity index (χ1) is 9.35. The summed E-state index contributed by atoms with van der Waals surface area (Å²) in [7, 11) is -3.50. The smallest absolute Gasteiger partial charge is 0.247 e. The maximum Gasteiger partial charge on any atom is 0.247 e. The number of hydrogen-bond acceptors (Lipinski definition) is 5. The fourth-order valence-corrected chi connectivity index (χ4v) is 3.77. The molecule has 0 spiro atoms. The van der Waals surface area contributed by atoms with E-state index in [4.69, 9.17) is 0 Å². The van der Waals surface area contributed by atoms with Gasteiger partial charge in [-0.15, -0.1) is 24.8 Å². The van der Waals surface area contributed by atoms with Crippen LogP contribution in [0.25, 0.3) is 0 Å². The molecule has 1 aromatic heterocycles. The largest absolute Gasteiger partial charge is 0.317 e. The highest BCUT2D eigenvalue weighted by Gasteiger charge is 2.48. The van der Waals surface area contributed by atoms with Crippen molar-refractivity contribution >= 4 is 46.4 Å². The van der Waals surface area contributed by atoms with Crippen molar-refractivity contribution in [2.75, 3.05) is 24.7 Å². The summed E-state index contributed by atoms with van der Waals surface area (Å²) in [6.07, 6.45) is 1.69. The van der Waals surface area contributed by atoms with E-state index in [0.717, 1.165) is 11.9 Å². The topological polar surface area (TPSA) is 88.2 Å². The summed E-state index contributed by atoms with van der Waals surface area (Å²) in [6.45, 7) is 2.84. The quantitative estimate of drug-likeness (QED) is 0.838. The molecule has 1 aliphatic rings. The molecule has 126 valence electrons. The van der Waals surface area contributed by atoms with Gasteiger partial charge in [-0.3, -0.25) is 4.79 Å². The van der Waals surface area contributed by atoms with Gasteiger partial charge in [0.15, 0.2) is 14.6 Å². The second-order valence-corrected chi connectivity index (χ2v) is 7.46. The number of sulfone groups is 1. The van der Waals surface area contributed by atoms with E-state index in [1.54, 1.807) is 12.1 Å². The molecular formula is C13H21Cl2N3O3S. The maximum atomic E-state index is 12.5. The lowest BCUT2D eigenvalue weighted by molar-refractivity contribution is -0.119. The molecule has 1 aliphatic heterocycles. The van der Waals surface area contributed by atoms with Crippen LogP contribution in [0.1, 0.15) is 18.5 Å². The standard InChI is InChI=1S/C13H19N3O3S.2ClH/c1-10-4-3-5-11(15-10)16-12(17)13(20(2,18)19)6-8-14-9-7-13;;/h3-5,14H,6-9H2,1-2H3,(H,15,16,17);2*1H. The van der Waals surface area contributed by atoms with Gasteiger partial charge in [-0.25, -0.2) is 13.4 Å². The predicted octanol–water partition coefficient (Wildman–Crippen LogP) is 1.34. The molecule has 0 unspecified atom stereocenters. The summed E-state index contributed by atoms with van der Waals surface area (Å²) in [4.78, 5) is 16.7. The van der Waals surface area contributed by atoms with Gasteiger partial charge >= 0.3 is 0 Å². The van der Waals surface area contributed by atoms with Gasteiger partial charge < -0.3 is 10.6 Å². The van der Waals surface area contributed by atoms with Crippen LogP contribution in [-0.2, 0) is 14.6 Å². The number of hydrogen-bond donors (Lipinski definition) is 2. The molecule has 2 rings (SSSR count). The zero-order valence-corrected chi connectivity index (χ0v) is 14.9. The molecule has 1 aromatic rings. The van der Waals surface area contributed by atoms with E-state index in [2.05, 4.69) is 15.6 Å². The zero-order chi connectivity index (χ0) is 14.8. The van der Waals surface area contributed by atoms with Crippen molar-refractivity contribution in [3.8, 4) is 0 Å². The minimum absolute atomic E-state index is 0. The van der Waals surface area contributed by atoms with E-state index in [0.29, 0.717) is 18.9 Å². The van der Waals surface area contributed by atoms with Gasteiger partial charge in [0.2, 0.25) is 5.91 Å². The molecule has 0 aliphatic carbocycles. The van der Waals surface area contributed by atoms with Crippen molar-refractivity contribution in [1.82, 2.24) is 10.3 Å². The van der Waals surface area contributed by atoms with E-state index in [1.807, 2.05) is 13.0 Å². The number of pyridine rings is 1. The monoisotopic (exact) mass is 369 g/mol. The van der Waals surface area contributed by atoms with Crippen LogP contribution in [0, 0.1) is 6.92 Å². The van der Waals surface area contributed by atoms with Crippen LogP contribution >= 0.6 is 24.8 Å². The minimum Gasteiger partial charge on any atom is -0.317 e. The summed E-state index contributed by atoms with van der Waals surface area (Å²) in [5.41, 5.74) is 0.765. The summed E-state index contributed by atoms with van der Waals surface area (Å²) in [5, 5.41) is 5.72. The van der Waals surface area contributed by atoms with Crippen molar-refractivity contribution in [3.63, 3.8) is 0 Å². The van der Waals surface area contributed by atoms with Crippen LogP contribution in [0.4, 0.5) is 5.82 Å². The SMILES string of the molecule is Cc1cccc(NC(=O)C2(S(C)(=O)=O)CCNCC2)n1.Cl.Cl. The number of carbonyl (C=O) groups excluding carboxylic acids is 1. The third kappa shape index (κ3) is 4.32. The first kappa shape index (κ1) is 21.1. The normalized spacial score (nSPS) is 16.8. The molecule has 0 saturated carbocycles. The first-order valence-corrected chi connectivity index (χ1v) is 8.40. The van der Waals surface area contributed by atoms with E-state index in [-0.39, 0.29) is 37.7 Å². The van der Waals surface area contributed by atoms with Gasteiger partial charge in [-0.2, -0.15) is 0 Å². The van der Waals surface area contributed by atoms with Gasteiger partial charge in [0.05, 0.1) is 0 Å². The molecule has 2 heterocycles. The Bertz CT molecular complexity index is 617. The molecule has 1 amide bonds. The molecule has 1 saturated heterocycles. The number of anilines is 1. The van der Waals surface area contributed by atoms with E-state index < -0.39 is 20.5 Å². The Morgan fingerprint density at radius 3 is 2.36 bits per heavy atom. The molecule has 0 radical (unpaired) electrons. The molecular weight excluding hydrogens is 349 g/mol. The Morgan fingerprint density at radius 1 is 1.27 bits per heavy atom. The van der Waals surface area contributed by atoms with Crippen molar-refractivity contribution in [2.24, 2.45) is 0 Å². The Labute approximate surface area is 143 Å². The Hall–Kier alpha value is -0.890. The van der Waals surface area contributed by atoms with Crippen molar-refractivity contribution in [2.45, 2.75) is 24.5 Å². The molecule has 2 N–H and O–H groups in total. The van der Waals surface area contributed by atoms with Crippen LogP contribution in [0.5, 0.6) is 0 Å². The van der Waals surface area contributed by atoms with Gasteiger partial charge in [0.25, 0.3) is 0 Å². The van der Waals surface area contributed by atoms with E-state index in [1.165, 1.54) is 0 Å². The first-order valence-electron chi connectivity index (χ1n) is 6.51. The number of amides is 1.